The number of piperazine rings is 1. The normalized spacial score (nSPS) is 20.7. The van der Waals surface area contributed by atoms with Crippen LogP contribution in [0.5, 0.6) is 5.75 Å². The summed E-state index contributed by atoms with van der Waals surface area (Å²) < 4.78 is 5.87. The van der Waals surface area contributed by atoms with E-state index in [0.29, 0.717) is 12.3 Å². The van der Waals surface area contributed by atoms with E-state index in [2.05, 4.69) is 82.5 Å². The van der Waals surface area contributed by atoms with Crippen LogP contribution in [0, 0.1) is 11.8 Å². The molecule has 2 aliphatic heterocycles. The van der Waals surface area contributed by atoms with Crippen LogP contribution < -0.4 is 9.64 Å². The summed E-state index contributed by atoms with van der Waals surface area (Å²) in [6.07, 6.45) is 13.0. The number of rotatable bonds is 7. The van der Waals surface area contributed by atoms with Crippen molar-refractivity contribution in [2.24, 2.45) is 11.8 Å². The molecule has 0 radical (unpaired) electrons. The van der Waals surface area contributed by atoms with Gasteiger partial charge in [-0.2, -0.15) is 0 Å². The molecule has 206 valence electrons. The SMILES string of the molecule is CC1C=C(c2ccccc2)C(CCCC(=O)N2CCN(c3ncccn3)CC2)C=C1c1ccc2c(c1)CCCO2. The number of carbonyl (C=O) groups is 1. The van der Waals surface area contributed by atoms with Gasteiger partial charge in [-0.25, -0.2) is 9.97 Å². The smallest absolute Gasteiger partial charge is 0.225 e. The Kier molecular flexibility index (Phi) is 7.94. The van der Waals surface area contributed by atoms with E-state index < -0.39 is 0 Å². The largest absolute Gasteiger partial charge is 0.493 e. The highest BCUT2D eigenvalue weighted by Crippen LogP contribution is 2.41. The molecule has 2 unspecified atom stereocenters. The van der Waals surface area contributed by atoms with Crippen molar-refractivity contribution in [2.75, 3.05) is 37.7 Å². The van der Waals surface area contributed by atoms with Crippen molar-refractivity contribution in [3.05, 3.63) is 95.8 Å². The molecule has 1 amide bonds. The molecular weight excluding hydrogens is 496 g/mol. The first kappa shape index (κ1) is 26.3. The molecule has 1 fully saturated rings. The average molecular weight is 535 g/mol. The number of hydrogen-bond donors (Lipinski definition) is 0. The van der Waals surface area contributed by atoms with Gasteiger partial charge in [0, 0.05) is 50.9 Å². The molecule has 1 aromatic heterocycles. The number of carbonyl (C=O) groups excluding carboxylic acids is 1. The minimum atomic E-state index is 0.252. The fourth-order valence-electron chi connectivity index (χ4n) is 6.26. The monoisotopic (exact) mass is 534 g/mol. The second-order valence-electron chi connectivity index (χ2n) is 11.1. The molecule has 1 saturated heterocycles. The average Bonchev–Trinajstić information content (AvgIpc) is 3.02. The highest BCUT2D eigenvalue weighted by Gasteiger charge is 2.26. The summed E-state index contributed by atoms with van der Waals surface area (Å²) in [5.41, 5.74) is 6.64. The zero-order chi connectivity index (χ0) is 27.3. The molecule has 6 rings (SSSR count). The van der Waals surface area contributed by atoms with Gasteiger partial charge >= 0.3 is 0 Å². The third-order valence-corrected chi connectivity index (χ3v) is 8.42. The minimum Gasteiger partial charge on any atom is -0.493 e. The standard InChI is InChI=1S/C34H38N4O2/c1-25-22-31(26-8-3-2-4-9-26)27(24-30(25)28-13-14-32-29(23-28)11-6-21-40-32)10-5-12-33(39)37-17-19-38(20-18-37)34-35-15-7-16-36-34/h2-4,7-9,13-16,22-25,27H,5-6,10-12,17-21H2,1H3. The maximum Gasteiger partial charge on any atom is 0.225 e. The Labute approximate surface area is 237 Å². The van der Waals surface area contributed by atoms with Crippen molar-refractivity contribution in [3.8, 4) is 5.75 Å². The summed E-state index contributed by atoms with van der Waals surface area (Å²) in [6.45, 7) is 6.10. The quantitative estimate of drug-likeness (QED) is 0.369. The lowest BCUT2D eigenvalue weighted by Gasteiger charge is -2.35. The van der Waals surface area contributed by atoms with Gasteiger partial charge in [-0.15, -0.1) is 0 Å². The third-order valence-electron chi connectivity index (χ3n) is 8.42. The van der Waals surface area contributed by atoms with E-state index in [1.165, 1.54) is 27.8 Å². The Bertz CT molecular complexity index is 1380. The molecular formula is C34H38N4O2. The van der Waals surface area contributed by atoms with Crippen LogP contribution in [0.25, 0.3) is 11.1 Å². The predicted molar refractivity (Wildman–Crippen MR) is 160 cm³/mol. The number of nitrogens with zero attached hydrogens (tertiary/aromatic N) is 4. The van der Waals surface area contributed by atoms with E-state index in [-0.39, 0.29) is 11.8 Å². The van der Waals surface area contributed by atoms with Crippen molar-refractivity contribution >= 4 is 23.0 Å². The first-order chi connectivity index (χ1) is 19.7. The van der Waals surface area contributed by atoms with E-state index in [0.717, 1.165) is 70.2 Å². The van der Waals surface area contributed by atoms with Crippen molar-refractivity contribution in [3.63, 3.8) is 0 Å². The van der Waals surface area contributed by atoms with E-state index in [1.807, 2.05) is 11.0 Å². The zero-order valence-electron chi connectivity index (χ0n) is 23.3. The highest BCUT2D eigenvalue weighted by atomic mass is 16.5. The number of hydrogen-bond acceptors (Lipinski definition) is 5. The number of ether oxygens (including phenoxy) is 1. The van der Waals surface area contributed by atoms with Gasteiger partial charge in [0.1, 0.15) is 5.75 Å². The summed E-state index contributed by atoms with van der Waals surface area (Å²) in [5.74, 6) is 2.63. The van der Waals surface area contributed by atoms with Gasteiger partial charge < -0.3 is 14.5 Å². The predicted octanol–water partition coefficient (Wildman–Crippen LogP) is 6.05. The van der Waals surface area contributed by atoms with Gasteiger partial charge in [-0.1, -0.05) is 55.5 Å². The molecule has 2 aromatic carbocycles. The van der Waals surface area contributed by atoms with E-state index >= 15 is 0 Å². The molecule has 2 atom stereocenters. The minimum absolute atomic E-state index is 0.252. The highest BCUT2D eigenvalue weighted by molar-refractivity contribution is 5.81. The maximum atomic E-state index is 13.1. The molecule has 3 aliphatic rings. The molecule has 6 heteroatoms. The summed E-state index contributed by atoms with van der Waals surface area (Å²) in [5, 5.41) is 0. The molecule has 3 heterocycles. The summed E-state index contributed by atoms with van der Waals surface area (Å²) in [6, 6.07) is 19.2. The lowest BCUT2D eigenvalue weighted by atomic mass is 9.76. The van der Waals surface area contributed by atoms with Crippen molar-refractivity contribution in [1.82, 2.24) is 14.9 Å². The number of amides is 1. The Morgan fingerprint density at radius 3 is 2.52 bits per heavy atom. The second kappa shape index (κ2) is 12.1. The fraction of sp³-hybridized carbons (Fsp3) is 0.382. The van der Waals surface area contributed by atoms with Crippen LogP contribution in [-0.4, -0.2) is 53.6 Å². The summed E-state index contributed by atoms with van der Waals surface area (Å²) >= 11 is 0. The first-order valence-electron chi connectivity index (χ1n) is 14.7. The van der Waals surface area contributed by atoms with Gasteiger partial charge in [0.05, 0.1) is 6.61 Å². The summed E-state index contributed by atoms with van der Waals surface area (Å²) in [7, 11) is 0. The molecule has 0 saturated carbocycles. The lowest BCUT2D eigenvalue weighted by molar-refractivity contribution is -0.131. The number of benzene rings is 2. The Balaban J connectivity index is 1.13. The Morgan fingerprint density at radius 2 is 1.73 bits per heavy atom. The van der Waals surface area contributed by atoms with E-state index in [9.17, 15) is 4.79 Å². The molecule has 40 heavy (non-hydrogen) atoms. The van der Waals surface area contributed by atoms with Crippen molar-refractivity contribution < 1.29 is 9.53 Å². The first-order valence-corrected chi connectivity index (χ1v) is 14.7. The maximum absolute atomic E-state index is 13.1. The lowest BCUT2D eigenvalue weighted by Crippen LogP contribution is -2.49. The van der Waals surface area contributed by atoms with Gasteiger partial charge in [0.15, 0.2) is 0 Å². The molecule has 0 N–H and O–H groups in total. The van der Waals surface area contributed by atoms with Gasteiger partial charge in [-0.05, 0) is 77.6 Å². The van der Waals surface area contributed by atoms with Gasteiger partial charge in [-0.3, -0.25) is 4.79 Å². The number of aromatic nitrogens is 2. The zero-order valence-corrected chi connectivity index (χ0v) is 23.3. The molecule has 6 nitrogen and oxygen atoms in total. The van der Waals surface area contributed by atoms with Crippen molar-refractivity contribution in [2.45, 2.75) is 39.0 Å². The molecule has 1 aliphatic carbocycles. The van der Waals surface area contributed by atoms with Gasteiger partial charge in [0.25, 0.3) is 0 Å². The number of fused-ring (bicyclic) bond motifs is 1. The topological polar surface area (TPSA) is 58.6 Å². The van der Waals surface area contributed by atoms with E-state index in [1.54, 1.807) is 12.4 Å². The number of anilines is 1. The van der Waals surface area contributed by atoms with E-state index in [4.69, 9.17) is 4.74 Å². The molecule has 0 bridgehead atoms. The van der Waals surface area contributed by atoms with Crippen LogP contribution >= 0.6 is 0 Å². The molecule has 3 aromatic rings. The van der Waals surface area contributed by atoms with Crippen LogP contribution in [-0.2, 0) is 11.2 Å². The van der Waals surface area contributed by atoms with Crippen LogP contribution in [0.15, 0.2) is 79.1 Å². The number of aryl methyl sites for hydroxylation is 1. The van der Waals surface area contributed by atoms with Crippen LogP contribution in [0.4, 0.5) is 5.95 Å². The van der Waals surface area contributed by atoms with Gasteiger partial charge in [0.2, 0.25) is 11.9 Å². The second-order valence-corrected chi connectivity index (χ2v) is 11.1. The van der Waals surface area contributed by atoms with Crippen LogP contribution in [0.2, 0.25) is 0 Å². The Morgan fingerprint density at radius 1 is 0.925 bits per heavy atom. The van der Waals surface area contributed by atoms with Crippen LogP contribution in [0.1, 0.15) is 49.3 Å². The van der Waals surface area contributed by atoms with Crippen molar-refractivity contribution in [1.29, 1.82) is 0 Å². The fourth-order valence-corrected chi connectivity index (χ4v) is 6.26. The summed E-state index contributed by atoms with van der Waals surface area (Å²) in [4.78, 5) is 26.0. The van der Waals surface area contributed by atoms with Crippen LogP contribution in [0.3, 0.4) is 0 Å². The number of allylic oxidation sites excluding steroid dienone is 4. The third kappa shape index (κ3) is 5.81. The Hall–Kier alpha value is -3.93. The molecule has 0 spiro atoms.